The first-order chi connectivity index (χ1) is 30.0. The molecule has 6 heterocycles. The molecule has 16 heteroatoms. The topological polar surface area (TPSA) is 154 Å². The van der Waals surface area contributed by atoms with Gasteiger partial charge in [0.2, 0.25) is 26.2 Å². The Kier molecular flexibility index (Phi) is 12.2. The maximum Gasteiger partial charge on any atom is 0.231 e. The van der Waals surface area contributed by atoms with E-state index in [2.05, 4.69) is 58.7 Å². The van der Waals surface area contributed by atoms with Gasteiger partial charge >= 0.3 is 0 Å². The van der Waals surface area contributed by atoms with Crippen molar-refractivity contribution in [3.8, 4) is 45.5 Å². The summed E-state index contributed by atoms with van der Waals surface area (Å²) in [4.78, 5) is 23.0. The third-order valence-corrected chi connectivity index (χ3v) is 12.3. The van der Waals surface area contributed by atoms with Crippen molar-refractivity contribution in [3.05, 3.63) is 84.2 Å². The van der Waals surface area contributed by atoms with Gasteiger partial charge in [0.1, 0.15) is 22.6 Å². The van der Waals surface area contributed by atoms with E-state index in [9.17, 15) is 0 Å². The first kappa shape index (κ1) is 42.2. The lowest BCUT2D eigenvalue weighted by Gasteiger charge is -2.41. The largest absolute Gasteiger partial charge is 0.454 e. The van der Waals surface area contributed by atoms with E-state index >= 15 is 0 Å². The summed E-state index contributed by atoms with van der Waals surface area (Å²) in [6.45, 7) is 14.5. The molecular formula is C46H56N6O10. The first-order valence-corrected chi connectivity index (χ1v) is 21.7. The van der Waals surface area contributed by atoms with Crippen LogP contribution in [0.3, 0.4) is 0 Å². The van der Waals surface area contributed by atoms with E-state index in [1.165, 1.54) is 0 Å². The van der Waals surface area contributed by atoms with Crippen LogP contribution in [0, 0.1) is 11.8 Å². The molecule has 2 aromatic heterocycles. The summed E-state index contributed by atoms with van der Waals surface area (Å²) >= 11 is 0. The quantitative estimate of drug-likeness (QED) is 0.0868. The van der Waals surface area contributed by atoms with Gasteiger partial charge in [-0.2, -0.15) is 9.78 Å². The maximum absolute atomic E-state index is 6.43. The van der Waals surface area contributed by atoms with Crippen molar-refractivity contribution in [1.29, 1.82) is 0 Å². The Morgan fingerprint density at radius 2 is 0.984 bits per heavy atom. The Balaban J connectivity index is 0.709. The number of fused-ring (bicyclic) bond motifs is 2. The molecule has 9 rings (SSSR count). The van der Waals surface area contributed by atoms with E-state index in [1.807, 2.05) is 85.9 Å². The molecule has 0 radical (unpaired) electrons. The SMILES string of the molecule is CC(CCC1OC(c2ccc3c(c2)OCO3)OOC1(C)C)CCn1cc(-c2ccc(-c3cn(CCC(C)CCC4OC(c5ccc6c(c5)OCO6)OOC4(C)C)nn3)cc2)nn1. The van der Waals surface area contributed by atoms with Crippen LogP contribution in [-0.4, -0.2) is 67.0 Å². The smallest absolute Gasteiger partial charge is 0.231 e. The molecule has 0 spiro atoms. The molecule has 0 aliphatic carbocycles. The second kappa shape index (κ2) is 17.9. The number of benzene rings is 3. The average molecular weight is 853 g/mol. The summed E-state index contributed by atoms with van der Waals surface area (Å²) in [7, 11) is 0. The molecule has 0 bridgehead atoms. The molecule has 2 fully saturated rings. The minimum absolute atomic E-state index is 0.148. The Morgan fingerprint density at radius 1 is 0.565 bits per heavy atom. The lowest BCUT2D eigenvalue weighted by molar-refractivity contribution is -0.487. The summed E-state index contributed by atoms with van der Waals surface area (Å²) < 4.78 is 38.7. The molecule has 330 valence electrons. The number of hydrogen-bond donors (Lipinski definition) is 0. The van der Waals surface area contributed by atoms with Gasteiger partial charge in [-0.3, -0.25) is 9.36 Å². The van der Waals surface area contributed by atoms with Crippen LogP contribution in [0.1, 0.15) is 104 Å². The summed E-state index contributed by atoms with van der Waals surface area (Å²) in [6, 6.07) is 19.6. The average Bonchev–Trinajstić information content (AvgIpc) is 4.11. The number of rotatable bonds is 16. The van der Waals surface area contributed by atoms with Gasteiger partial charge in [-0.25, -0.2) is 9.78 Å². The van der Waals surface area contributed by atoms with E-state index in [0.29, 0.717) is 34.8 Å². The minimum atomic E-state index is -0.640. The summed E-state index contributed by atoms with van der Waals surface area (Å²) in [6.07, 6.45) is 7.92. The summed E-state index contributed by atoms with van der Waals surface area (Å²) in [5.74, 6) is 3.66. The molecule has 6 atom stereocenters. The van der Waals surface area contributed by atoms with Crippen LogP contribution in [0.15, 0.2) is 73.1 Å². The van der Waals surface area contributed by atoms with Crippen molar-refractivity contribution in [3.63, 3.8) is 0 Å². The predicted molar refractivity (Wildman–Crippen MR) is 223 cm³/mol. The van der Waals surface area contributed by atoms with Crippen molar-refractivity contribution in [2.45, 2.75) is 129 Å². The molecule has 0 amide bonds. The highest BCUT2D eigenvalue weighted by molar-refractivity contribution is 5.65. The van der Waals surface area contributed by atoms with E-state index in [-0.39, 0.29) is 25.8 Å². The highest BCUT2D eigenvalue weighted by Gasteiger charge is 2.42. The molecule has 2 saturated heterocycles. The first-order valence-electron chi connectivity index (χ1n) is 21.7. The summed E-state index contributed by atoms with van der Waals surface area (Å²) in [5, 5.41) is 17.8. The molecule has 0 saturated carbocycles. The molecular weight excluding hydrogens is 797 g/mol. The standard InChI is InChI=1S/C46H56N6O10/c1-29(7-17-41-45(3,4)61-59-43(57-41)33-13-15-37-39(23-33)55-27-53-37)19-21-51-25-35(47-49-51)31-9-11-32(12-10-31)36-26-52(50-48-36)22-20-30(2)8-18-42-46(5,6)62-60-44(58-42)34-14-16-38-40(24-34)56-28-54-38/h9-16,23-26,29-30,41-44H,7-8,17-22,27-28H2,1-6H3. The number of hydrogen-bond acceptors (Lipinski definition) is 14. The molecule has 16 nitrogen and oxygen atoms in total. The highest BCUT2D eigenvalue weighted by atomic mass is 17.2. The number of aromatic nitrogens is 6. The van der Waals surface area contributed by atoms with Gasteiger partial charge in [-0.15, -0.1) is 10.2 Å². The van der Waals surface area contributed by atoms with Crippen LogP contribution in [0.5, 0.6) is 23.0 Å². The van der Waals surface area contributed by atoms with Gasteiger partial charge in [-0.05, 0) is 114 Å². The Labute approximate surface area is 361 Å². The van der Waals surface area contributed by atoms with Crippen LogP contribution < -0.4 is 18.9 Å². The third kappa shape index (κ3) is 9.60. The maximum atomic E-state index is 6.43. The van der Waals surface area contributed by atoms with E-state index in [1.54, 1.807) is 0 Å². The van der Waals surface area contributed by atoms with Crippen molar-refractivity contribution in [2.24, 2.45) is 11.8 Å². The lowest BCUT2D eigenvalue weighted by Crippen LogP contribution is -2.46. The second-order valence-electron chi connectivity index (χ2n) is 18.0. The van der Waals surface area contributed by atoms with Crippen LogP contribution in [0.25, 0.3) is 22.5 Å². The normalized spacial score (nSPS) is 23.3. The Hall–Kier alpha value is -5.10. The molecule has 62 heavy (non-hydrogen) atoms. The highest BCUT2D eigenvalue weighted by Crippen LogP contribution is 2.42. The number of nitrogens with zero attached hydrogens (tertiary/aromatic N) is 6. The fourth-order valence-corrected chi connectivity index (χ4v) is 8.09. The number of aryl methyl sites for hydroxylation is 2. The monoisotopic (exact) mass is 852 g/mol. The molecule has 5 aromatic rings. The zero-order valence-corrected chi connectivity index (χ0v) is 36.2. The van der Waals surface area contributed by atoms with Crippen LogP contribution >= 0.6 is 0 Å². The molecule has 0 N–H and O–H groups in total. The van der Waals surface area contributed by atoms with Gasteiger partial charge < -0.3 is 28.4 Å². The second-order valence-corrected chi connectivity index (χ2v) is 18.0. The Bertz CT molecular complexity index is 2140. The minimum Gasteiger partial charge on any atom is -0.454 e. The zero-order chi connectivity index (χ0) is 42.8. The van der Waals surface area contributed by atoms with E-state index in [4.69, 9.17) is 48.0 Å². The van der Waals surface area contributed by atoms with Gasteiger partial charge in [0.05, 0.1) is 24.6 Å². The fraction of sp³-hybridized carbons (Fsp3) is 0.522. The van der Waals surface area contributed by atoms with Crippen molar-refractivity contribution < 1.29 is 48.0 Å². The van der Waals surface area contributed by atoms with Gasteiger partial charge in [0, 0.05) is 35.3 Å². The molecule has 4 aliphatic rings. The molecule has 4 aliphatic heterocycles. The van der Waals surface area contributed by atoms with E-state index in [0.717, 1.165) is 85.3 Å². The third-order valence-electron chi connectivity index (χ3n) is 12.3. The molecule has 3 aromatic carbocycles. The van der Waals surface area contributed by atoms with Gasteiger partial charge in [-0.1, -0.05) is 48.5 Å². The van der Waals surface area contributed by atoms with Crippen LogP contribution in [0.4, 0.5) is 0 Å². The summed E-state index contributed by atoms with van der Waals surface area (Å²) in [5.41, 5.74) is 4.13. The Morgan fingerprint density at radius 3 is 1.42 bits per heavy atom. The van der Waals surface area contributed by atoms with Gasteiger partial charge in [0.15, 0.2) is 23.0 Å². The van der Waals surface area contributed by atoms with Crippen molar-refractivity contribution in [1.82, 2.24) is 30.0 Å². The van der Waals surface area contributed by atoms with Gasteiger partial charge in [0.25, 0.3) is 0 Å². The van der Waals surface area contributed by atoms with Crippen molar-refractivity contribution >= 4 is 0 Å². The zero-order valence-electron chi connectivity index (χ0n) is 36.2. The lowest BCUT2D eigenvalue weighted by atomic mass is 9.92. The van der Waals surface area contributed by atoms with Crippen LogP contribution in [-0.2, 0) is 42.1 Å². The molecule has 6 unspecified atom stereocenters. The van der Waals surface area contributed by atoms with Crippen LogP contribution in [0.2, 0.25) is 0 Å². The van der Waals surface area contributed by atoms with Crippen molar-refractivity contribution in [2.75, 3.05) is 13.6 Å². The number of ether oxygens (including phenoxy) is 6. The fourth-order valence-electron chi connectivity index (χ4n) is 8.09. The van der Waals surface area contributed by atoms with E-state index < -0.39 is 23.8 Å². The predicted octanol–water partition coefficient (Wildman–Crippen LogP) is 8.92.